The van der Waals surface area contributed by atoms with Gasteiger partial charge in [-0.2, -0.15) is 0 Å². The number of ether oxygens (including phenoxy) is 2. The van der Waals surface area contributed by atoms with Crippen molar-refractivity contribution >= 4 is 34.8 Å². The van der Waals surface area contributed by atoms with Crippen LogP contribution in [-0.2, 0) is 9.59 Å². The topological polar surface area (TPSA) is 67.9 Å². The number of anilines is 2. The monoisotopic (exact) mass is 402 g/mol. The van der Waals surface area contributed by atoms with Gasteiger partial charge < -0.3 is 19.7 Å². The standard InChI is InChI=1S/C21H23ClN2O4/c1-12-5-6-15(7-13(12)2)24-11-14(8-20(24)25)21(26)23-17-10-18(27-3)16(22)9-19(17)28-4/h5-7,9-10,14H,8,11H2,1-4H3,(H,23,26). The van der Waals surface area contributed by atoms with E-state index in [4.69, 9.17) is 21.1 Å². The van der Waals surface area contributed by atoms with E-state index in [1.54, 1.807) is 17.0 Å². The average Bonchev–Trinajstić information content (AvgIpc) is 3.06. The van der Waals surface area contributed by atoms with Crippen molar-refractivity contribution in [2.45, 2.75) is 20.3 Å². The van der Waals surface area contributed by atoms with Gasteiger partial charge in [-0.1, -0.05) is 17.7 Å². The molecule has 0 aromatic heterocycles. The molecule has 2 aromatic rings. The molecule has 1 aliphatic rings. The largest absolute Gasteiger partial charge is 0.495 e. The Kier molecular flexibility index (Phi) is 5.79. The molecule has 0 spiro atoms. The number of halogens is 1. The van der Waals surface area contributed by atoms with Crippen molar-refractivity contribution in [1.29, 1.82) is 0 Å². The first kappa shape index (κ1) is 20.0. The molecule has 0 bridgehead atoms. The fraction of sp³-hybridized carbons (Fsp3) is 0.333. The van der Waals surface area contributed by atoms with Gasteiger partial charge in [-0.25, -0.2) is 0 Å². The second-order valence-electron chi connectivity index (χ2n) is 6.85. The zero-order valence-electron chi connectivity index (χ0n) is 16.3. The summed E-state index contributed by atoms with van der Waals surface area (Å²) in [7, 11) is 2.99. The molecule has 0 radical (unpaired) electrons. The van der Waals surface area contributed by atoms with Crippen molar-refractivity contribution in [3.8, 4) is 11.5 Å². The number of carbonyl (C=O) groups excluding carboxylic acids is 2. The number of amides is 2. The molecule has 1 N–H and O–H groups in total. The molecule has 6 nitrogen and oxygen atoms in total. The molecule has 1 unspecified atom stereocenters. The van der Waals surface area contributed by atoms with Gasteiger partial charge in [0.2, 0.25) is 11.8 Å². The number of aryl methyl sites for hydroxylation is 2. The van der Waals surface area contributed by atoms with E-state index in [2.05, 4.69) is 5.32 Å². The van der Waals surface area contributed by atoms with E-state index in [1.165, 1.54) is 14.2 Å². The number of benzene rings is 2. The highest BCUT2D eigenvalue weighted by Crippen LogP contribution is 2.36. The van der Waals surface area contributed by atoms with Gasteiger partial charge in [0.15, 0.2) is 0 Å². The lowest BCUT2D eigenvalue weighted by Crippen LogP contribution is -2.28. The number of carbonyl (C=O) groups is 2. The Hall–Kier alpha value is -2.73. The maximum absolute atomic E-state index is 12.8. The Bertz CT molecular complexity index is 929. The van der Waals surface area contributed by atoms with Crippen molar-refractivity contribution in [2.75, 3.05) is 31.0 Å². The van der Waals surface area contributed by atoms with Crippen LogP contribution in [0.2, 0.25) is 5.02 Å². The van der Waals surface area contributed by atoms with Gasteiger partial charge in [-0.3, -0.25) is 9.59 Å². The van der Waals surface area contributed by atoms with Crippen LogP contribution in [0.5, 0.6) is 11.5 Å². The lowest BCUT2D eigenvalue weighted by molar-refractivity contribution is -0.122. The van der Waals surface area contributed by atoms with Crippen LogP contribution < -0.4 is 19.7 Å². The first-order valence-corrected chi connectivity index (χ1v) is 9.31. The highest BCUT2D eigenvalue weighted by molar-refractivity contribution is 6.32. The molecule has 148 valence electrons. The van der Waals surface area contributed by atoms with E-state index in [1.807, 2.05) is 32.0 Å². The highest BCUT2D eigenvalue weighted by atomic mass is 35.5. The first-order valence-electron chi connectivity index (χ1n) is 8.94. The summed E-state index contributed by atoms with van der Waals surface area (Å²) >= 11 is 6.10. The normalized spacial score (nSPS) is 16.2. The molecule has 1 aliphatic heterocycles. The molecule has 28 heavy (non-hydrogen) atoms. The smallest absolute Gasteiger partial charge is 0.229 e. The summed E-state index contributed by atoms with van der Waals surface area (Å²) in [5, 5.41) is 3.22. The number of rotatable bonds is 5. The number of hydrogen-bond donors (Lipinski definition) is 1. The lowest BCUT2D eigenvalue weighted by Gasteiger charge is -2.18. The van der Waals surface area contributed by atoms with Crippen molar-refractivity contribution in [3.05, 3.63) is 46.5 Å². The Morgan fingerprint density at radius 1 is 1.11 bits per heavy atom. The van der Waals surface area contributed by atoms with E-state index in [9.17, 15) is 9.59 Å². The van der Waals surface area contributed by atoms with Crippen molar-refractivity contribution < 1.29 is 19.1 Å². The van der Waals surface area contributed by atoms with Gasteiger partial charge in [0.05, 0.1) is 30.8 Å². The zero-order chi connectivity index (χ0) is 20.4. The minimum atomic E-state index is -0.458. The summed E-state index contributed by atoms with van der Waals surface area (Å²) in [5.41, 5.74) is 3.53. The molecule has 1 fully saturated rings. The van der Waals surface area contributed by atoms with Gasteiger partial charge in [0, 0.05) is 30.8 Å². The summed E-state index contributed by atoms with van der Waals surface area (Å²) in [6.45, 7) is 4.36. The van der Waals surface area contributed by atoms with Gasteiger partial charge >= 0.3 is 0 Å². The van der Waals surface area contributed by atoms with E-state index in [0.29, 0.717) is 28.8 Å². The van der Waals surface area contributed by atoms with Crippen LogP contribution >= 0.6 is 11.6 Å². The fourth-order valence-corrected chi connectivity index (χ4v) is 3.45. The van der Waals surface area contributed by atoms with Crippen LogP contribution in [0.15, 0.2) is 30.3 Å². The minimum absolute atomic E-state index is 0.0657. The highest BCUT2D eigenvalue weighted by Gasteiger charge is 2.35. The van der Waals surface area contributed by atoms with E-state index >= 15 is 0 Å². The zero-order valence-corrected chi connectivity index (χ0v) is 17.1. The van der Waals surface area contributed by atoms with Crippen LogP contribution in [0.4, 0.5) is 11.4 Å². The maximum Gasteiger partial charge on any atom is 0.229 e. The molecule has 2 aromatic carbocycles. The van der Waals surface area contributed by atoms with E-state index in [-0.39, 0.29) is 18.2 Å². The van der Waals surface area contributed by atoms with Crippen molar-refractivity contribution in [3.63, 3.8) is 0 Å². The average molecular weight is 403 g/mol. The summed E-state index contributed by atoms with van der Waals surface area (Å²) in [4.78, 5) is 26.9. The van der Waals surface area contributed by atoms with Crippen LogP contribution in [0, 0.1) is 19.8 Å². The molecule has 1 heterocycles. The Morgan fingerprint density at radius 2 is 1.82 bits per heavy atom. The Balaban J connectivity index is 1.77. The van der Waals surface area contributed by atoms with Crippen LogP contribution in [0.25, 0.3) is 0 Å². The Morgan fingerprint density at radius 3 is 2.46 bits per heavy atom. The maximum atomic E-state index is 12.8. The molecule has 0 aliphatic carbocycles. The first-order chi connectivity index (χ1) is 13.3. The predicted molar refractivity (Wildman–Crippen MR) is 110 cm³/mol. The summed E-state index contributed by atoms with van der Waals surface area (Å²) in [5.74, 6) is 0.0819. The molecular formula is C21H23ClN2O4. The SMILES string of the molecule is COc1cc(NC(=O)C2CC(=O)N(c3ccc(C)c(C)c3)C2)c(OC)cc1Cl. The molecule has 7 heteroatoms. The number of methoxy groups -OCH3 is 2. The second kappa shape index (κ2) is 8.10. The van der Waals surface area contributed by atoms with Gasteiger partial charge in [0.1, 0.15) is 11.5 Å². The second-order valence-corrected chi connectivity index (χ2v) is 7.26. The third kappa shape index (κ3) is 3.92. The summed E-state index contributed by atoms with van der Waals surface area (Å²) < 4.78 is 10.5. The van der Waals surface area contributed by atoms with Crippen LogP contribution in [0.1, 0.15) is 17.5 Å². The quantitative estimate of drug-likeness (QED) is 0.821. The molecule has 2 amide bonds. The molecule has 3 rings (SSSR count). The number of nitrogens with zero attached hydrogens (tertiary/aromatic N) is 1. The van der Waals surface area contributed by atoms with Gasteiger partial charge in [0.25, 0.3) is 0 Å². The number of hydrogen-bond acceptors (Lipinski definition) is 4. The van der Waals surface area contributed by atoms with E-state index in [0.717, 1.165) is 16.8 Å². The van der Waals surface area contributed by atoms with Crippen LogP contribution in [-0.4, -0.2) is 32.6 Å². The minimum Gasteiger partial charge on any atom is -0.495 e. The van der Waals surface area contributed by atoms with Gasteiger partial charge in [-0.15, -0.1) is 0 Å². The molecule has 0 saturated carbocycles. The fourth-order valence-electron chi connectivity index (χ4n) is 3.22. The summed E-state index contributed by atoms with van der Waals surface area (Å²) in [6.07, 6.45) is 0.159. The third-order valence-corrected chi connectivity index (χ3v) is 5.33. The number of nitrogens with one attached hydrogen (secondary N) is 1. The lowest BCUT2D eigenvalue weighted by atomic mass is 10.1. The molecule has 1 atom stereocenters. The molecular weight excluding hydrogens is 380 g/mol. The third-order valence-electron chi connectivity index (χ3n) is 5.03. The predicted octanol–water partition coefficient (Wildman–Crippen LogP) is 3.97. The van der Waals surface area contributed by atoms with E-state index < -0.39 is 5.92 Å². The Labute approximate surface area is 169 Å². The van der Waals surface area contributed by atoms with Crippen molar-refractivity contribution in [1.82, 2.24) is 0 Å². The summed E-state index contributed by atoms with van der Waals surface area (Å²) in [6, 6.07) is 9.05. The molecule has 1 saturated heterocycles. The van der Waals surface area contributed by atoms with Crippen molar-refractivity contribution in [2.24, 2.45) is 5.92 Å². The van der Waals surface area contributed by atoms with Crippen LogP contribution in [0.3, 0.4) is 0 Å². The van der Waals surface area contributed by atoms with Gasteiger partial charge in [-0.05, 0) is 37.1 Å².